The molecule has 6 nitrogen and oxygen atoms in total. The Bertz CT molecular complexity index is 901. The standard InChI is InChI=1S/C17H16N4O2/c22-17(23)10-16-19-18-15-8-7-14(20-21(15)16)13-6-5-11-3-1-2-4-12(11)9-13/h5-9H,1-4,10H2,(H,22,23). The normalized spacial score (nSPS) is 13.9. The molecule has 1 aromatic carbocycles. The molecule has 116 valence electrons. The summed E-state index contributed by atoms with van der Waals surface area (Å²) in [5.41, 5.74) is 5.23. The molecule has 1 N–H and O–H groups in total. The first-order valence-electron chi connectivity index (χ1n) is 7.76. The molecule has 3 aromatic rings. The zero-order valence-corrected chi connectivity index (χ0v) is 12.6. The Kier molecular flexibility index (Phi) is 3.29. The van der Waals surface area contributed by atoms with E-state index in [1.807, 2.05) is 12.1 Å². The van der Waals surface area contributed by atoms with Gasteiger partial charge in [0.15, 0.2) is 11.5 Å². The monoisotopic (exact) mass is 308 g/mol. The van der Waals surface area contributed by atoms with Crippen LogP contribution in [0.25, 0.3) is 16.9 Å². The third-order valence-corrected chi connectivity index (χ3v) is 4.28. The van der Waals surface area contributed by atoms with Crippen LogP contribution in [-0.2, 0) is 24.1 Å². The third-order valence-electron chi connectivity index (χ3n) is 4.28. The third kappa shape index (κ3) is 2.56. The Morgan fingerprint density at radius 1 is 1.09 bits per heavy atom. The van der Waals surface area contributed by atoms with Crippen molar-refractivity contribution < 1.29 is 9.90 Å². The predicted molar refractivity (Wildman–Crippen MR) is 84.2 cm³/mol. The van der Waals surface area contributed by atoms with Gasteiger partial charge in [0, 0.05) is 5.56 Å². The van der Waals surface area contributed by atoms with E-state index in [0.29, 0.717) is 11.5 Å². The zero-order chi connectivity index (χ0) is 15.8. The summed E-state index contributed by atoms with van der Waals surface area (Å²) < 4.78 is 1.52. The Morgan fingerprint density at radius 3 is 2.74 bits per heavy atom. The van der Waals surface area contributed by atoms with Crippen LogP contribution in [0.15, 0.2) is 30.3 Å². The maximum Gasteiger partial charge on any atom is 0.311 e. The molecule has 0 saturated carbocycles. The molecule has 2 aromatic heterocycles. The Morgan fingerprint density at radius 2 is 1.91 bits per heavy atom. The van der Waals surface area contributed by atoms with Crippen LogP contribution in [0.4, 0.5) is 0 Å². The van der Waals surface area contributed by atoms with Gasteiger partial charge in [-0.25, -0.2) is 0 Å². The molecule has 0 bridgehead atoms. The number of fused-ring (bicyclic) bond motifs is 2. The number of rotatable bonds is 3. The van der Waals surface area contributed by atoms with Gasteiger partial charge in [0.1, 0.15) is 6.42 Å². The molecule has 6 heteroatoms. The summed E-state index contributed by atoms with van der Waals surface area (Å²) in [5, 5.41) is 21.4. The van der Waals surface area contributed by atoms with E-state index in [9.17, 15) is 4.79 Å². The molecule has 1 aliphatic rings. The number of nitrogens with zero attached hydrogens (tertiary/aromatic N) is 4. The lowest BCUT2D eigenvalue weighted by Gasteiger charge is -2.16. The van der Waals surface area contributed by atoms with E-state index in [0.717, 1.165) is 24.1 Å². The van der Waals surface area contributed by atoms with E-state index >= 15 is 0 Å². The summed E-state index contributed by atoms with van der Waals surface area (Å²) >= 11 is 0. The fourth-order valence-electron chi connectivity index (χ4n) is 3.13. The summed E-state index contributed by atoms with van der Waals surface area (Å²) in [6, 6.07) is 10.2. The van der Waals surface area contributed by atoms with Crippen LogP contribution in [0, 0.1) is 0 Å². The molecule has 0 unspecified atom stereocenters. The lowest BCUT2D eigenvalue weighted by atomic mass is 9.90. The van der Waals surface area contributed by atoms with Crippen molar-refractivity contribution in [2.24, 2.45) is 0 Å². The first-order chi connectivity index (χ1) is 11.2. The smallest absolute Gasteiger partial charge is 0.311 e. The summed E-state index contributed by atoms with van der Waals surface area (Å²) in [7, 11) is 0. The molecular formula is C17H16N4O2. The van der Waals surface area contributed by atoms with E-state index in [-0.39, 0.29) is 6.42 Å². The van der Waals surface area contributed by atoms with Crippen molar-refractivity contribution in [3.05, 3.63) is 47.3 Å². The SMILES string of the molecule is O=C(O)Cc1nnc2ccc(-c3ccc4c(c3)CCCC4)nn12. The van der Waals surface area contributed by atoms with E-state index in [1.54, 1.807) is 0 Å². The highest BCUT2D eigenvalue weighted by Crippen LogP contribution is 2.26. The second-order valence-electron chi connectivity index (χ2n) is 5.87. The van der Waals surface area contributed by atoms with Crippen molar-refractivity contribution in [1.82, 2.24) is 19.8 Å². The molecule has 4 rings (SSSR count). The molecule has 2 heterocycles. The number of aliphatic carboxylic acids is 1. The van der Waals surface area contributed by atoms with Gasteiger partial charge < -0.3 is 5.11 Å². The molecule has 0 saturated heterocycles. The van der Waals surface area contributed by atoms with Gasteiger partial charge in [-0.05, 0) is 55.0 Å². The van der Waals surface area contributed by atoms with Crippen molar-refractivity contribution in [2.45, 2.75) is 32.1 Å². The number of hydrogen-bond donors (Lipinski definition) is 1. The van der Waals surface area contributed by atoms with Crippen LogP contribution in [-0.4, -0.2) is 30.9 Å². The van der Waals surface area contributed by atoms with Crippen LogP contribution < -0.4 is 0 Å². The van der Waals surface area contributed by atoms with Gasteiger partial charge >= 0.3 is 5.97 Å². The lowest BCUT2D eigenvalue weighted by Crippen LogP contribution is -2.07. The van der Waals surface area contributed by atoms with Gasteiger partial charge in [-0.15, -0.1) is 10.2 Å². The number of benzene rings is 1. The van der Waals surface area contributed by atoms with Gasteiger partial charge in [0.05, 0.1) is 5.69 Å². The fraction of sp³-hybridized carbons (Fsp3) is 0.294. The minimum absolute atomic E-state index is 0.193. The van der Waals surface area contributed by atoms with Gasteiger partial charge in [-0.3, -0.25) is 4.79 Å². The molecule has 0 radical (unpaired) electrons. The van der Waals surface area contributed by atoms with Crippen LogP contribution >= 0.6 is 0 Å². The summed E-state index contributed by atoms with van der Waals surface area (Å²) in [6.07, 6.45) is 4.56. The summed E-state index contributed by atoms with van der Waals surface area (Å²) in [5.74, 6) is -0.604. The minimum Gasteiger partial charge on any atom is -0.481 e. The number of hydrogen-bond acceptors (Lipinski definition) is 4. The minimum atomic E-state index is -0.944. The molecule has 0 atom stereocenters. The number of carboxylic acids is 1. The number of carboxylic acid groups (broad SMARTS) is 1. The Labute approximate surface area is 132 Å². The quantitative estimate of drug-likeness (QED) is 0.803. The average Bonchev–Trinajstić information content (AvgIpc) is 2.96. The van der Waals surface area contributed by atoms with Gasteiger partial charge in [-0.1, -0.05) is 12.1 Å². The summed E-state index contributed by atoms with van der Waals surface area (Å²) in [6.45, 7) is 0. The molecule has 0 fully saturated rings. The van der Waals surface area contributed by atoms with Crippen LogP contribution in [0.5, 0.6) is 0 Å². The first kappa shape index (κ1) is 13.9. The molecular weight excluding hydrogens is 292 g/mol. The lowest BCUT2D eigenvalue weighted by molar-refractivity contribution is -0.136. The highest BCUT2D eigenvalue weighted by molar-refractivity contribution is 5.69. The highest BCUT2D eigenvalue weighted by atomic mass is 16.4. The zero-order valence-electron chi connectivity index (χ0n) is 12.6. The maximum atomic E-state index is 10.9. The second-order valence-corrected chi connectivity index (χ2v) is 5.87. The molecule has 0 aliphatic heterocycles. The van der Waals surface area contributed by atoms with Crippen molar-refractivity contribution in [1.29, 1.82) is 0 Å². The fourth-order valence-corrected chi connectivity index (χ4v) is 3.13. The van der Waals surface area contributed by atoms with Gasteiger partial charge in [-0.2, -0.15) is 9.61 Å². The Hall–Kier alpha value is -2.76. The van der Waals surface area contributed by atoms with Gasteiger partial charge in [0.25, 0.3) is 0 Å². The average molecular weight is 308 g/mol. The molecule has 1 aliphatic carbocycles. The largest absolute Gasteiger partial charge is 0.481 e. The van der Waals surface area contributed by atoms with E-state index in [2.05, 4.69) is 33.5 Å². The van der Waals surface area contributed by atoms with Crippen LogP contribution in [0.1, 0.15) is 29.8 Å². The number of carbonyl (C=O) groups is 1. The van der Waals surface area contributed by atoms with Gasteiger partial charge in [0.2, 0.25) is 0 Å². The molecule has 23 heavy (non-hydrogen) atoms. The summed E-state index contributed by atoms with van der Waals surface area (Å²) in [4.78, 5) is 10.9. The molecule has 0 amide bonds. The number of aryl methyl sites for hydroxylation is 2. The Balaban J connectivity index is 1.78. The van der Waals surface area contributed by atoms with E-state index in [4.69, 9.17) is 5.11 Å². The number of aromatic nitrogens is 4. The molecule has 0 spiro atoms. The second kappa shape index (κ2) is 5.46. The van der Waals surface area contributed by atoms with Crippen LogP contribution in [0.3, 0.4) is 0 Å². The van der Waals surface area contributed by atoms with Crippen molar-refractivity contribution >= 4 is 11.6 Å². The topological polar surface area (TPSA) is 80.4 Å². The van der Waals surface area contributed by atoms with E-state index in [1.165, 1.54) is 28.5 Å². The highest BCUT2D eigenvalue weighted by Gasteiger charge is 2.14. The van der Waals surface area contributed by atoms with Crippen LogP contribution in [0.2, 0.25) is 0 Å². The first-order valence-corrected chi connectivity index (χ1v) is 7.76. The van der Waals surface area contributed by atoms with E-state index < -0.39 is 5.97 Å². The van der Waals surface area contributed by atoms with Crippen molar-refractivity contribution in [3.8, 4) is 11.3 Å². The van der Waals surface area contributed by atoms with Crippen molar-refractivity contribution in [2.75, 3.05) is 0 Å². The van der Waals surface area contributed by atoms with Crippen molar-refractivity contribution in [3.63, 3.8) is 0 Å². The predicted octanol–water partition coefficient (Wildman–Crippen LogP) is 2.30. The maximum absolute atomic E-state index is 10.9.